The number of anilines is 1. The van der Waals surface area contributed by atoms with Crippen molar-refractivity contribution in [3.63, 3.8) is 0 Å². The topological polar surface area (TPSA) is 88.1 Å². The smallest absolute Gasteiger partial charge is 0.318 e. The van der Waals surface area contributed by atoms with Crippen LogP contribution in [0, 0.1) is 0 Å². The van der Waals surface area contributed by atoms with Gasteiger partial charge in [0, 0.05) is 24.7 Å². The van der Waals surface area contributed by atoms with E-state index in [1.807, 2.05) is 67.1 Å². The number of carbonyl (C=O) groups excluding carboxylic acids is 2. The number of nitrogens with one attached hydrogen (secondary N) is 3. The number of amides is 3. The molecule has 0 atom stereocenters. The fraction of sp³-hybridized carbons (Fsp3) is 0.375. The van der Waals surface area contributed by atoms with E-state index in [0.717, 1.165) is 42.3 Å². The Balaban J connectivity index is 1.84. The van der Waals surface area contributed by atoms with Gasteiger partial charge < -0.3 is 16.0 Å². The fourth-order valence-corrected chi connectivity index (χ4v) is 3.57. The molecule has 31 heavy (non-hydrogen) atoms. The lowest BCUT2D eigenvalue weighted by molar-refractivity contribution is 0.0907. The zero-order chi connectivity index (χ0) is 22.4. The summed E-state index contributed by atoms with van der Waals surface area (Å²) in [4.78, 5) is 24.9. The van der Waals surface area contributed by atoms with Crippen LogP contribution in [0.4, 0.5) is 10.5 Å². The van der Waals surface area contributed by atoms with E-state index in [-0.39, 0.29) is 11.9 Å². The van der Waals surface area contributed by atoms with Gasteiger partial charge in [0.2, 0.25) is 0 Å². The van der Waals surface area contributed by atoms with Gasteiger partial charge in [-0.2, -0.15) is 5.10 Å². The molecule has 0 bridgehead atoms. The SMILES string of the molecule is CCCCCn1nc(C(=O)NC(C)(C)c2cccc(NC(=O)NC)c2)c2ccccc21. The number of rotatable bonds is 8. The van der Waals surface area contributed by atoms with Crippen LogP contribution in [0.25, 0.3) is 10.9 Å². The third-order valence-corrected chi connectivity index (χ3v) is 5.34. The van der Waals surface area contributed by atoms with E-state index in [0.29, 0.717) is 11.4 Å². The first-order valence-electron chi connectivity index (χ1n) is 10.7. The Bertz CT molecular complexity index is 1070. The molecule has 0 aliphatic heterocycles. The Morgan fingerprint density at radius 1 is 1.06 bits per heavy atom. The summed E-state index contributed by atoms with van der Waals surface area (Å²) in [6.45, 7) is 6.83. The van der Waals surface area contributed by atoms with Gasteiger partial charge in [0.15, 0.2) is 5.69 Å². The second kappa shape index (κ2) is 9.64. The van der Waals surface area contributed by atoms with Gasteiger partial charge in [-0.15, -0.1) is 0 Å². The standard InChI is InChI=1S/C24H31N5O2/c1-5-6-9-15-29-20-14-8-7-13-19(20)21(28-29)22(30)27-24(2,3)17-11-10-12-18(16-17)26-23(31)25-4/h7-8,10-14,16H,5-6,9,15H2,1-4H3,(H,27,30)(H2,25,26,31). The van der Waals surface area contributed by atoms with Gasteiger partial charge in [-0.25, -0.2) is 4.79 Å². The molecule has 164 valence electrons. The molecule has 0 saturated carbocycles. The van der Waals surface area contributed by atoms with Gasteiger partial charge in [0.05, 0.1) is 11.1 Å². The van der Waals surface area contributed by atoms with Crippen LogP contribution in [0.5, 0.6) is 0 Å². The first-order chi connectivity index (χ1) is 14.9. The maximum atomic E-state index is 13.2. The van der Waals surface area contributed by atoms with Gasteiger partial charge in [-0.3, -0.25) is 9.48 Å². The molecule has 7 heteroatoms. The van der Waals surface area contributed by atoms with Crippen molar-refractivity contribution in [2.75, 3.05) is 12.4 Å². The highest BCUT2D eigenvalue weighted by Gasteiger charge is 2.26. The molecule has 7 nitrogen and oxygen atoms in total. The first kappa shape index (κ1) is 22.3. The van der Waals surface area contributed by atoms with Crippen LogP contribution in [-0.2, 0) is 12.1 Å². The normalized spacial score (nSPS) is 11.4. The van der Waals surface area contributed by atoms with E-state index in [1.165, 1.54) is 0 Å². The highest BCUT2D eigenvalue weighted by Crippen LogP contribution is 2.25. The number of para-hydroxylation sites is 1. The molecule has 0 saturated heterocycles. The number of benzene rings is 2. The molecule has 0 unspecified atom stereocenters. The zero-order valence-corrected chi connectivity index (χ0v) is 18.7. The van der Waals surface area contributed by atoms with Crippen molar-refractivity contribution in [2.24, 2.45) is 0 Å². The number of fused-ring (bicyclic) bond motifs is 1. The van der Waals surface area contributed by atoms with Gasteiger partial charge in [0.25, 0.3) is 5.91 Å². The number of hydrogen-bond donors (Lipinski definition) is 3. The van der Waals surface area contributed by atoms with Crippen LogP contribution in [-0.4, -0.2) is 28.8 Å². The van der Waals surface area contributed by atoms with Crippen molar-refractivity contribution >= 4 is 28.5 Å². The summed E-state index contributed by atoms with van der Waals surface area (Å²) in [5.74, 6) is -0.222. The molecule has 0 radical (unpaired) electrons. The monoisotopic (exact) mass is 421 g/mol. The summed E-state index contributed by atoms with van der Waals surface area (Å²) in [5.41, 5.74) is 2.27. The third-order valence-electron chi connectivity index (χ3n) is 5.34. The average Bonchev–Trinajstić information content (AvgIpc) is 3.13. The molecular formula is C24H31N5O2. The molecule has 2 aromatic carbocycles. The molecule has 3 rings (SSSR count). The van der Waals surface area contributed by atoms with Crippen molar-refractivity contribution in [1.82, 2.24) is 20.4 Å². The Morgan fingerprint density at radius 3 is 2.58 bits per heavy atom. The Kier molecular flexibility index (Phi) is 6.95. The number of carbonyl (C=O) groups is 2. The number of unbranched alkanes of at least 4 members (excludes halogenated alkanes) is 2. The first-order valence-corrected chi connectivity index (χ1v) is 10.7. The number of nitrogens with zero attached hydrogens (tertiary/aromatic N) is 2. The number of hydrogen-bond acceptors (Lipinski definition) is 3. The summed E-state index contributed by atoms with van der Waals surface area (Å²) in [6.07, 6.45) is 3.29. The van der Waals surface area contributed by atoms with Crippen LogP contribution >= 0.6 is 0 Å². The summed E-state index contributed by atoms with van der Waals surface area (Å²) in [6, 6.07) is 15.0. The Morgan fingerprint density at radius 2 is 1.84 bits per heavy atom. The van der Waals surface area contributed by atoms with Gasteiger partial charge in [-0.1, -0.05) is 50.1 Å². The van der Waals surface area contributed by atoms with E-state index in [1.54, 1.807) is 7.05 Å². The van der Waals surface area contributed by atoms with E-state index in [4.69, 9.17) is 0 Å². The molecule has 1 heterocycles. The quantitative estimate of drug-likeness (QED) is 0.463. The zero-order valence-electron chi connectivity index (χ0n) is 18.7. The van der Waals surface area contributed by atoms with Crippen LogP contribution < -0.4 is 16.0 Å². The summed E-state index contributed by atoms with van der Waals surface area (Å²) in [5, 5.41) is 13.9. The maximum absolute atomic E-state index is 13.2. The predicted molar refractivity (Wildman–Crippen MR) is 124 cm³/mol. The average molecular weight is 422 g/mol. The van der Waals surface area contributed by atoms with Gasteiger partial charge in [-0.05, 0) is 44.0 Å². The molecular weight excluding hydrogens is 390 g/mol. The fourth-order valence-electron chi connectivity index (χ4n) is 3.57. The molecule has 3 amide bonds. The Labute approximate surface area is 183 Å². The highest BCUT2D eigenvalue weighted by molar-refractivity contribution is 6.05. The van der Waals surface area contributed by atoms with Crippen LogP contribution in [0.1, 0.15) is 56.1 Å². The summed E-state index contributed by atoms with van der Waals surface area (Å²) < 4.78 is 1.93. The molecule has 0 fully saturated rings. The minimum Gasteiger partial charge on any atom is -0.342 e. The van der Waals surface area contributed by atoms with Gasteiger partial charge >= 0.3 is 6.03 Å². The molecule has 0 spiro atoms. The second-order valence-electron chi connectivity index (χ2n) is 8.16. The minimum atomic E-state index is -0.662. The lowest BCUT2D eigenvalue weighted by Gasteiger charge is -2.27. The summed E-state index contributed by atoms with van der Waals surface area (Å²) in [7, 11) is 1.56. The van der Waals surface area contributed by atoms with Crippen molar-refractivity contribution in [2.45, 2.75) is 52.1 Å². The highest BCUT2D eigenvalue weighted by atomic mass is 16.2. The molecule has 3 aromatic rings. The largest absolute Gasteiger partial charge is 0.342 e. The van der Waals surface area contributed by atoms with Crippen LogP contribution in [0.3, 0.4) is 0 Å². The molecule has 3 N–H and O–H groups in total. The molecule has 0 aliphatic carbocycles. The van der Waals surface area contributed by atoms with Crippen molar-refractivity contribution < 1.29 is 9.59 Å². The number of aromatic nitrogens is 2. The van der Waals surface area contributed by atoms with Crippen LogP contribution in [0.15, 0.2) is 48.5 Å². The second-order valence-corrected chi connectivity index (χ2v) is 8.16. The van der Waals surface area contributed by atoms with Crippen molar-refractivity contribution in [1.29, 1.82) is 0 Å². The van der Waals surface area contributed by atoms with Crippen LogP contribution in [0.2, 0.25) is 0 Å². The van der Waals surface area contributed by atoms with Gasteiger partial charge in [0.1, 0.15) is 0 Å². The van der Waals surface area contributed by atoms with E-state index in [2.05, 4.69) is 28.0 Å². The van der Waals surface area contributed by atoms with Crippen molar-refractivity contribution in [3.8, 4) is 0 Å². The van der Waals surface area contributed by atoms with E-state index >= 15 is 0 Å². The lowest BCUT2D eigenvalue weighted by atomic mass is 9.93. The minimum absolute atomic E-state index is 0.222. The summed E-state index contributed by atoms with van der Waals surface area (Å²) >= 11 is 0. The Hall–Kier alpha value is -3.35. The third kappa shape index (κ3) is 5.23. The predicted octanol–water partition coefficient (Wildman–Crippen LogP) is 4.64. The van der Waals surface area contributed by atoms with E-state index in [9.17, 15) is 9.59 Å². The molecule has 1 aromatic heterocycles. The van der Waals surface area contributed by atoms with Crippen molar-refractivity contribution in [3.05, 3.63) is 59.8 Å². The number of aryl methyl sites for hydroxylation is 1. The molecule has 0 aliphatic rings. The van der Waals surface area contributed by atoms with E-state index < -0.39 is 5.54 Å². The maximum Gasteiger partial charge on any atom is 0.318 e. The lowest BCUT2D eigenvalue weighted by Crippen LogP contribution is -2.41. The number of urea groups is 1.